The molecule has 1 amide bonds. The number of unbranched alkanes of at least 4 members (excludes halogenated alkanes) is 3. The molecular weight excluding hydrogens is 376 g/mol. The Balaban J connectivity index is 0.00000625. The molecule has 26 heavy (non-hydrogen) atoms. The maximum Gasteiger partial charge on any atom is 0.242 e. The third kappa shape index (κ3) is 7.11. The predicted molar refractivity (Wildman–Crippen MR) is 110 cm³/mol. The monoisotopic (exact) mass is 406 g/mol. The van der Waals surface area contributed by atoms with E-state index in [1.807, 2.05) is 19.0 Å². The van der Waals surface area contributed by atoms with E-state index in [2.05, 4.69) is 5.32 Å². The molecule has 0 aliphatic heterocycles. The molecule has 0 aliphatic carbocycles. The van der Waals surface area contributed by atoms with Gasteiger partial charge in [-0.2, -0.15) is 0 Å². The summed E-state index contributed by atoms with van der Waals surface area (Å²) in [5.74, 6) is -0.116. The number of hydrogen-bond acceptors (Lipinski definition) is 5. The topological polar surface area (TPSA) is 95.7 Å². The van der Waals surface area contributed by atoms with Gasteiger partial charge < -0.3 is 16.0 Å². The van der Waals surface area contributed by atoms with E-state index in [9.17, 15) is 13.2 Å². The molecule has 3 N–H and O–H groups in total. The summed E-state index contributed by atoms with van der Waals surface area (Å²) in [4.78, 5) is 14.2. The maximum atomic E-state index is 12.3. The highest BCUT2D eigenvalue weighted by atomic mass is 35.5. The number of amides is 1. The highest BCUT2D eigenvalue weighted by molar-refractivity contribution is 7.89. The van der Waals surface area contributed by atoms with Crippen molar-refractivity contribution in [2.75, 3.05) is 45.0 Å². The van der Waals surface area contributed by atoms with Crippen LogP contribution in [0.25, 0.3) is 0 Å². The first-order chi connectivity index (χ1) is 11.7. The molecule has 0 spiro atoms. The summed E-state index contributed by atoms with van der Waals surface area (Å²) in [6, 6.07) is 4.76. The van der Waals surface area contributed by atoms with Gasteiger partial charge in [0, 0.05) is 34.6 Å². The number of halogens is 1. The second kappa shape index (κ2) is 11.4. The van der Waals surface area contributed by atoms with Crippen molar-refractivity contribution < 1.29 is 13.2 Å². The van der Waals surface area contributed by atoms with E-state index < -0.39 is 10.0 Å². The minimum Gasteiger partial charge on any atom is -0.376 e. The summed E-state index contributed by atoms with van der Waals surface area (Å²) in [6.07, 6.45) is 4.14. The number of nitrogens with zero attached hydrogens (tertiary/aromatic N) is 2. The maximum absolute atomic E-state index is 12.3. The molecule has 9 heteroatoms. The van der Waals surface area contributed by atoms with Crippen LogP contribution in [0.2, 0.25) is 0 Å². The van der Waals surface area contributed by atoms with E-state index in [1.165, 1.54) is 20.2 Å². The summed E-state index contributed by atoms with van der Waals surface area (Å²) in [5, 5.41) is 2.85. The van der Waals surface area contributed by atoms with Crippen LogP contribution in [0.5, 0.6) is 0 Å². The van der Waals surface area contributed by atoms with Crippen molar-refractivity contribution in [2.45, 2.75) is 37.0 Å². The van der Waals surface area contributed by atoms with Gasteiger partial charge >= 0.3 is 0 Å². The van der Waals surface area contributed by atoms with Crippen molar-refractivity contribution in [3.63, 3.8) is 0 Å². The summed E-state index contributed by atoms with van der Waals surface area (Å²) < 4.78 is 25.8. The lowest BCUT2D eigenvalue weighted by atomic mass is 10.1. The molecule has 0 saturated heterocycles. The van der Waals surface area contributed by atoms with Crippen LogP contribution in [0, 0.1) is 0 Å². The van der Waals surface area contributed by atoms with Crippen LogP contribution in [0.3, 0.4) is 0 Å². The lowest BCUT2D eigenvalue weighted by Gasteiger charge is -2.20. The SMILES string of the molecule is CN(C)c1ccc(S(=O)(=O)N(C)C)cc1NC(=O)CCCCCCN.Cl. The first-order valence-electron chi connectivity index (χ1n) is 8.44. The van der Waals surface area contributed by atoms with Gasteiger partial charge in [-0.15, -0.1) is 12.4 Å². The fraction of sp³-hybridized carbons (Fsp3) is 0.588. The van der Waals surface area contributed by atoms with Crippen LogP contribution in [0.4, 0.5) is 11.4 Å². The minimum absolute atomic E-state index is 0. The van der Waals surface area contributed by atoms with Gasteiger partial charge in [-0.25, -0.2) is 12.7 Å². The number of carbonyl (C=O) groups is 1. The summed E-state index contributed by atoms with van der Waals surface area (Å²) in [5.41, 5.74) is 6.71. The van der Waals surface area contributed by atoms with Crippen LogP contribution in [-0.4, -0.2) is 53.4 Å². The van der Waals surface area contributed by atoms with Gasteiger partial charge in [0.25, 0.3) is 0 Å². The number of nitrogens with one attached hydrogen (secondary N) is 1. The van der Waals surface area contributed by atoms with E-state index in [0.717, 1.165) is 35.7 Å². The second-order valence-corrected chi connectivity index (χ2v) is 8.51. The molecule has 0 heterocycles. The van der Waals surface area contributed by atoms with E-state index in [1.54, 1.807) is 12.1 Å². The number of benzene rings is 1. The molecule has 0 aromatic heterocycles. The van der Waals surface area contributed by atoms with E-state index >= 15 is 0 Å². The molecule has 1 rings (SSSR count). The van der Waals surface area contributed by atoms with E-state index in [4.69, 9.17) is 5.73 Å². The Hall–Kier alpha value is -1.35. The first kappa shape index (κ1) is 24.7. The fourth-order valence-electron chi connectivity index (χ4n) is 2.37. The highest BCUT2D eigenvalue weighted by Crippen LogP contribution is 2.28. The molecule has 7 nitrogen and oxygen atoms in total. The Morgan fingerprint density at radius 3 is 2.23 bits per heavy atom. The molecule has 0 atom stereocenters. The molecule has 1 aromatic carbocycles. The normalized spacial score (nSPS) is 11.2. The first-order valence-corrected chi connectivity index (χ1v) is 9.88. The van der Waals surface area contributed by atoms with Crippen molar-refractivity contribution in [1.29, 1.82) is 0 Å². The number of carbonyl (C=O) groups excluding carboxylic acids is 1. The molecule has 150 valence electrons. The molecule has 0 aliphatic rings. The van der Waals surface area contributed by atoms with Gasteiger partial charge in [0.2, 0.25) is 15.9 Å². The Labute approximate surface area is 163 Å². The lowest BCUT2D eigenvalue weighted by molar-refractivity contribution is -0.116. The van der Waals surface area contributed by atoms with Crippen LogP contribution in [0.15, 0.2) is 23.1 Å². The largest absolute Gasteiger partial charge is 0.376 e. The van der Waals surface area contributed by atoms with Gasteiger partial charge in [0.15, 0.2) is 0 Å². The summed E-state index contributed by atoms with van der Waals surface area (Å²) in [7, 11) is 3.10. The van der Waals surface area contributed by atoms with Crippen molar-refractivity contribution in [3.05, 3.63) is 18.2 Å². The molecule has 0 bridgehead atoms. The average molecular weight is 407 g/mol. The zero-order valence-corrected chi connectivity index (χ0v) is 17.6. The molecule has 0 radical (unpaired) electrons. The Morgan fingerprint density at radius 2 is 1.69 bits per heavy atom. The van der Waals surface area contributed by atoms with Gasteiger partial charge in [-0.05, 0) is 37.6 Å². The van der Waals surface area contributed by atoms with Crippen molar-refractivity contribution in [3.8, 4) is 0 Å². The van der Waals surface area contributed by atoms with E-state index in [0.29, 0.717) is 18.7 Å². The van der Waals surface area contributed by atoms with E-state index in [-0.39, 0.29) is 23.2 Å². The summed E-state index contributed by atoms with van der Waals surface area (Å²) >= 11 is 0. The highest BCUT2D eigenvalue weighted by Gasteiger charge is 2.20. The standard InChI is InChI=1S/C17H30N4O3S.ClH/c1-20(2)16-11-10-14(25(23,24)21(3)4)13-15(16)19-17(22)9-7-5-6-8-12-18;/h10-11,13H,5-9,12,18H2,1-4H3,(H,19,22);1H. The van der Waals surface area contributed by atoms with Gasteiger partial charge in [-0.1, -0.05) is 12.8 Å². The molecule has 0 unspecified atom stereocenters. The smallest absolute Gasteiger partial charge is 0.242 e. The number of anilines is 2. The molecular formula is C17H31ClN4O3S. The average Bonchev–Trinajstić information content (AvgIpc) is 2.54. The van der Waals surface area contributed by atoms with Gasteiger partial charge in [0.05, 0.1) is 16.3 Å². The number of sulfonamides is 1. The third-order valence-corrected chi connectivity index (χ3v) is 5.67. The molecule has 0 saturated carbocycles. The third-order valence-electron chi connectivity index (χ3n) is 3.86. The summed E-state index contributed by atoms with van der Waals surface area (Å²) in [6.45, 7) is 0.672. The minimum atomic E-state index is -3.55. The number of hydrogen-bond donors (Lipinski definition) is 2. The molecule has 1 aromatic rings. The Bertz CT molecular complexity index is 679. The fourth-order valence-corrected chi connectivity index (χ4v) is 3.30. The molecule has 0 fully saturated rings. The van der Waals surface area contributed by atoms with Gasteiger partial charge in [0.1, 0.15) is 0 Å². The number of rotatable bonds is 10. The van der Waals surface area contributed by atoms with Gasteiger partial charge in [-0.3, -0.25) is 4.79 Å². The Morgan fingerprint density at radius 1 is 1.08 bits per heavy atom. The van der Waals surface area contributed by atoms with Crippen molar-refractivity contribution in [2.24, 2.45) is 5.73 Å². The van der Waals surface area contributed by atoms with Crippen LogP contribution in [0.1, 0.15) is 32.1 Å². The van der Waals surface area contributed by atoms with Crippen molar-refractivity contribution >= 4 is 39.7 Å². The van der Waals surface area contributed by atoms with Crippen LogP contribution < -0.4 is 16.0 Å². The predicted octanol–water partition coefficient (Wildman–Crippen LogP) is 2.27. The number of nitrogens with two attached hydrogens (primary N) is 1. The van der Waals surface area contributed by atoms with Crippen molar-refractivity contribution in [1.82, 2.24) is 4.31 Å². The zero-order valence-electron chi connectivity index (χ0n) is 16.0. The second-order valence-electron chi connectivity index (χ2n) is 6.36. The quantitative estimate of drug-likeness (QED) is 0.581. The van der Waals surface area contributed by atoms with Crippen LogP contribution in [-0.2, 0) is 14.8 Å². The Kier molecular flexibility index (Phi) is 10.8. The van der Waals surface area contributed by atoms with Crippen LogP contribution >= 0.6 is 12.4 Å². The zero-order chi connectivity index (χ0) is 19.0. The lowest BCUT2D eigenvalue weighted by Crippen LogP contribution is -2.23.